The molecule has 2 N–H and O–H groups in total. The van der Waals surface area contributed by atoms with Crippen molar-refractivity contribution < 1.29 is 14.6 Å². The van der Waals surface area contributed by atoms with Gasteiger partial charge in [0.15, 0.2) is 0 Å². The molecule has 5 heteroatoms. The predicted molar refractivity (Wildman–Crippen MR) is 102 cm³/mol. The number of rotatable bonds is 5. The van der Waals surface area contributed by atoms with Crippen LogP contribution in [0.2, 0.25) is 0 Å². The first-order valence-corrected chi connectivity index (χ1v) is 8.67. The fourth-order valence-electron chi connectivity index (χ4n) is 2.74. The number of aliphatic hydroxyl groups excluding tert-OH is 1. The average molecular weight is 400 g/mol. The zero-order valence-electron chi connectivity index (χ0n) is 13.7. The molecule has 3 aromatic rings. The van der Waals surface area contributed by atoms with Crippen LogP contribution in [0.25, 0.3) is 10.8 Å². The first-order chi connectivity index (χ1) is 12.1. The van der Waals surface area contributed by atoms with Crippen LogP contribution < -0.4 is 10.1 Å². The van der Waals surface area contributed by atoms with Gasteiger partial charge in [0.05, 0.1) is 18.8 Å². The minimum atomic E-state index is -0.792. The van der Waals surface area contributed by atoms with Crippen LogP contribution in [-0.2, 0) is 0 Å². The summed E-state index contributed by atoms with van der Waals surface area (Å²) in [5.74, 6) is 0.327. The summed E-state index contributed by atoms with van der Waals surface area (Å²) >= 11 is 3.37. The Bertz CT molecular complexity index is 905. The number of methoxy groups -OCH3 is 1. The zero-order valence-corrected chi connectivity index (χ0v) is 15.3. The maximum atomic E-state index is 12.4. The first-order valence-electron chi connectivity index (χ1n) is 7.87. The second-order valence-corrected chi connectivity index (χ2v) is 6.49. The molecule has 0 spiro atoms. The number of ether oxygens (including phenoxy) is 1. The molecule has 0 heterocycles. The molecule has 1 unspecified atom stereocenters. The van der Waals surface area contributed by atoms with Gasteiger partial charge in [-0.15, -0.1) is 0 Å². The van der Waals surface area contributed by atoms with Crippen molar-refractivity contribution in [1.82, 2.24) is 5.32 Å². The fourth-order valence-corrected chi connectivity index (χ4v) is 3.17. The lowest BCUT2D eigenvalue weighted by atomic mass is 10.0. The monoisotopic (exact) mass is 399 g/mol. The number of aliphatic hydroxyl groups is 1. The summed E-state index contributed by atoms with van der Waals surface area (Å²) in [5, 5.41) is 15.4. The maximum Gasteiger partial charge on any atom is 0.252 e. The van der Waals surface area contributed by atoms with Crippen molar-refractivity contribution in [2.75, 3.05) is 13.7 Å². The molecule has 0 aliphatic heterocycles. The first kappa shape index (κ1) is 17.5. The van der Waals surface area contributed by atoms with Gasteiger partial charge in [0.2, 0.25) is 0 Å². The number of amides is 1. The standard InChI is InChI=1S/C20H18BrNO3/c1-25-14-9-10-18(21)17(11-14)20(24)22-12-19(23)16-8-4-6-13-5-2-3-7-15(13)16/h2-11,19,23H,12H2,1H3,(H,22,24). The third-order valence-corrected chi connectivity index (χ3v) is 4.75. The van der Waals surface area contributed by atoms with Crippen molar-refractivity contribution in [1.29, 1.82) is 0 Å². The Hall–Kier alpha value is -2.37. The van der Waals surface area contributed by atoms with Crippen LogP contribution in [0.3, 0.4) is 0 Å². The van der Waals surface area contributed by atoms with E-state index in [0.29, 0.717) is 15.8 Å². The summed E-state index contributed by atoms with van der Waals surface area (Å²) in [6, 6.07) is 18.8. The number of fused-ring (bicyclic) bond motifs is 1. The molecule has 1 atom stereocenters. The third-order valence-electron chi connectivity index (χ3n) is 4.06. The molecule has 1 amide bonds. The molecule has 0 saturated heterocycles. The van der Waals surface area contributed by atoms with Gasteiger partial charge in [-0.2, -0.15) is 0 Å². The normalized spacial score (nSPS) is 12.0. The van der Waals surface area contributed by atoms with E-state index in [-0.39, 0.29) is 12.5 Å². The average Bonchev–Trinajstić information content (AvgIpc) is 2.65. The van der Waals surface area contributed by atoms with Crippen LogP contribution in [0.5, 0.6) is 5.75 Å². The van der Waals surface area contributed by atoms with Gasteiger partial charge in [-0.05, 0) is 50.5 Å². The van der Waals surface area contributed by atoms with E-state index in [2.05, 4.69) is 21.2 Å². The molecule has 0 fully saturated rings. The van der Waals surface area contributed by atoms with Crippen LogP contribution in [-0.4, -0.2) is 24.7 Å². The van der Waals surface area contributed by atoms with E-state index >= 15 is 0 Å². The van der Waals surface area contributed by atoms with Gasteiger partial charge < -0.3 is 15.2 Å². The molecule has 3 rings (SSSR count). The van der Waals surface area contributed by atoms with E-state index in [9.17, 15) is 9.90 Å². The maximum absolute atomic E-state index is 12.4. The number of carbonyl (C=O) groups excluding carboxylic acids is 1. The molecule has 4 nitrogen and oxygen atoms in total. The van der Waals surface area contributed by atoms with Gasteiger partial charge in [-0.1, -0.05) is 42.5 Å². The minimum absolute atomic E-state index is 0.122. The quantitative estimate of drug-likeness (QED) is 0.679. The van der Waals surface area contributed by atoms with Gasteiger partial charge in [-0.25, -0.2) is 0 Å². The predicted octanol–water partition coefficient (Wildman–Crippen LogP) is 4.07. The highest BCUT2D eigenvalue weighted by Gasteiger charge is 2.15. The zero-order chi connectivity index (χ0) is 17.8. The second-order valence-electron chi connectivity index (χ2n) is 5.64. The van der Waals surface area contributed by atoms with E-state index in [1.165, 1.54) is 0 Å². The Labute approximate surface area is 154 Å². The van der Waals surface area contributed by atoms with E-state index in [4.69, 9.17) is 4.74 Å². The molecule has 3 aromatic carbocycles. The lowest BCUT2D eigenvalue weighted by Crippen LogP contribution is -2.28. The molecule has 0 radical (unpaired) electrons. The number of hydrogen-bond acceptors (Lipinski definition) is 3. The van der Waals surface area contributed by atoms with Crippen molar-refractivity contribution in [2.45, 2.75) is 6.10 Å². The smallest absolute Gasteiger partial charge is 0.252 e. The number of nitrogens with one attached hydrogen (secondary N) is 1. The molecule has 0 aromatic heterocycles. The Balaban J connectivity index is 1.76. The summed E-state index contributed by atoms with van der Waals surface area (Å²) in [7, 11) is 1.55. The van der Waals surface area contributed by atoms with Gasteiger partial charge >= 0.3 is 0 Å². The Kier molecular flexibility index (Phi) is 5.36. The molecular weight excluding hydrogens is 382 g/mol. The fraction of sp³-hybridized carbons (Fsp3) is 0.150. The van der Waals surface area contributed by atoms with Crippen molar-refractivity contribution in [3.63, 3.8) is 0 Å². The SMILES string of the molecule is COc1ccc(Br)c(C(=O)NCC(O)c2cccc3ccccc23)c1. The lowest BCUT2D eigenvalue weighted by Gasteiger charge is -2.15. The highest BCUT2D eigenvalue weighted by molar-refractivity contribution is 9.10. The summed E-state index contributed by atoms with van der Waals surface area (Å²) < 4.78 is 5.82. The largest absolute Gasteiger partial charge is 0.497 e. The molecular formula is C20H18BrNO3. The van der Waals surface area contributed by atoms with Crippen LogP contribution in [0, 0.1) is 0 Å². The summed E-state index contributed by atoms with van der Waals surface area (Å²) in [6.07, 6.45) is -0.792. The number of benzene rings is 3. The Morgan fingerprint density at radius 3 is 2.72 bits per heavy atom. The van der Waals surface area contributed by atoms with Crippen LogP contribution in [0.4, 0.5) is 0 Å². The van der Waals surface area contributed by atoms with E-state index in [1.54, 1.807) is 25.3 Å². The summed E-state index contributed by atoms with van der Waals surface area (Å²) in [6.45, 7) is 0.122. The van der Waals surface area contributed by atoms with Crippen LogP contribution in [0.15, 0.2) is 65.1 Å². The molecule has 128 valence electrons. The van der Waals surface area contributed by atoms with E-state index < -0.39 is 6.10 Å². The van der Waals surface area contributed by atoms with Crippen LogP contribution >= 0.6 is 15.9 Å². The number of hydrogen-bond donors (Lipinski definition) is 2. The molecule has 0 aliphatic rings. The third kappa shape index (κ3) is 3.83. The number of halogens is 1. The van der Waals surface area contributed by atoms with E-state index in [1.807, 2.05) is 42.5 Å². The summed E-state index contributed by atoms with van der Waals surface area (Å²) in [5.41, 5.74) is 1.26. The highest BCUT2D eigenvalue weighted by atomic mass is 79.9. The Morgan fingerprint density at radius 2 is 1.92 bits per heavy atom. The van der Waals surface area contributed by atoms with Crippen molar-refractivity contribution in [3.8, 4) is 5.75 Å². The topological polar surface area (TPSA) is 58.6 Å². The minimum Gasteiger partial charge on any atom is -0.497 e. The highest BCUT2D eigenvalue weighted by Crippen LogP contribution is 2.25. The van der Waals surface area contributed by atoms with Crippen LogP contribution in [0.1, 0.15) is 22.0 Å². The molecule has 0 bridgehead atoms. The molecule has 0 aliphatic carbocycles. The molecule has 25 heavy (non-hydrogen) atoms. The van der Waals surface area contributed by atoms with E-state index in [0.717, 1.165) is 16.3 Å². The van der Waals surface area contributed by atoms with Gasteiger partial charge in [0.1, 0.15) is 5.75 Å². The second kappa shape index (κ2) is 7.68. The van der Waals surface area contributed by atoms with Gasteiger partial charge in [0, 0.05) is 11.0 Å². The van der Waals surface area contributed by atoms with Crippen molar-refractivity contribution in [2.24, 2.45) is 0 Å². The molecule has 0 saturated carbocycles. The van der Waals surface area contributed by atoms with Crippen molar-refractivity contribution >= 4 is 32.6 Å². The number of carbonyl (C=O) groups is 1. The van der Waals surface area contributed by atoms with Gasteiger partial charge in [0.25, 0.3) is 5.91 Å². The van der Waals surface area contributed by atoms with Crippen molar-refractivity contribution in [3.05, 3.63) is 76.3 Å². The lowest BCUT2D eigenvalue weighted by molar-refractivity contribution is 0.0916. The summed E-state index contributed by atoms with van der Waals surface area (Å²) in [4.78, 5) is 12.4. The van der Waals surface area contributed by atoms with Gasteiger partial charge in [-0.3, -0.25) is 4.79 Å². The Morgan fingerprint density at radius 1 is 1.16 bits per heavy atom.